The van der Waals surface area contributed by atoms with E-state index in [4.69, 9.17) is 9.47 Å². The van der Waals surface area contributed by atoms with Gasteiger partial charge in [-0.2, -0.15) is 17.0 Å². The van der Waals surface area contributed by atoms with Gasteiger partial charge < -0.3 is 9.47 Å². The molecule has 122 valence electrons. The lowest BCUT2D eigenvalue weighted by atomic mass is 9.94. The van der Waals surface area contributed by atoms with Crippen LogP contribution in [0.5, 0.6) is 0 Å². The molecule has 0 amide bonds. The molecular weight excluding hydrogens is 292 g/mol. The molecule has 3 saturated heterocycles. The van der Waals surface area contributed by atoms with Crippen LogP contribution in [0.4, 0.5) is 0 Å². The van der Waals surface area contributed by atoms with E-state index in [1.165, 1.54) is 0 Å². The number of hydrogen-bond acceptors (Lipinski definition) is 4. The molecule has 3 rings (SSSR count). The lowest BCUT2D eigenvalue weighted by Crippen LogP contribution is -2.54. The Morgan fingerprint density at radius 3 is 2.00 bits per heavy atom. The summed E-state index contributed by atoms with van der Waals surface area (Å²) < 4.78 is 40.2. The highest BCUT2D eigenvalue weighted by Crippen LogP contribution is 2.33. The van der Waals surface area contributed by atoms with Crippen molar-refractivity contribution in [1.82, 2.24) is 8.61 Å². The SMILES string of the molecule is C[C@@H]1C[C@H](C)CN(S(=O)(=O)N2CCC3(CC2)OCCO3)C1. The van der Waals surface area contributed by atoms with Crippen LogP contribution in [0.15, 0.2) is 0 Å². The third kappa shape index (κ3) is 3.12. The third-order valence-electron chi connectivity index (χ3n) is 4.79. The summed E-state index contributed by atoms with van der Waals surface area (Å²) in [7, 11) is -3.34. The molecule has 0 aromatic heterocycles. The highest BCUT2D eigenvalue weighted by Gasteiger charge is 2.44. The molecule has 3 aliphatic rings. The Balaban J connectivity index is 1.65. The summed E-state index contributed by atoms with van der Waals surface area (Å²) in [6, 6.07) is 0. The van der Waals surface area contributed by atoms with Gasteiger partial charge in [0, 0.05) is 39.0 Å². The molecule has 1 spiro atoms. The van der Waals surface area contributed by atoms with Crippen LogP contribution in [0.2, 0.25) is 0 Å². The van der Waals surface area contributed by atoms with Crippen LogP contribution < -0.4 is 0 Å². The van der Waals surface area contributed by atoms with Crippen molar-refractivity contribution < 1.29 is 17.9 Å². The molecule has 3 fully saturated rings. The lowest BCUT2D eigenvalue weighted by molar-refractivity contribution is -0.179. The first kappa shape index (κ1) is 15.7. The summed E-state index contributed by atoms with van der Waals surface area (Å²) in [6.07, 6.45) is 2.37. The predicted molar refractivity (Wildman–Crippen MR) is 78.9 cm³/mol. The van der Waals surface area contributed by atoms with E-state index in [2.05, 4.69) is 13.8 Å². The number of piperidine rings is 2. The summed E-state index contributed by atoms with van der Waals surface area (Å²) in [4.78, 5) is 0. The first-order valence-corrected chi connectivity index (χ1v) is 9.34. The van der Waals surface area contributed by atoms with Crippen LogP contribution in [-0.4, -0.2) is 62.2 Å². The van der Waals surface area contributed by atoms with Gasteiger partial charge >= 0.3 is 0 Å². The van der Waals surface area contributed by atoms with Crippen LogP contribution in [0.25, 0.3) is 0 Å². The molecule has 0 N–H and O–H groups in total. The van der Waals surface area contributed by atoms with Gasteiger partial charge in [0.2, 0.25) is 0 Å². The van der Waals surface area contributed by atoms with Crippen molar-refractivity contribution in [3.8, 4) is 0 Å². The molecule has 3 heterocycles. The minimum absolute atomic E-state index is 0.432. The molecule has 7 heteroatoms. The maximum absolute atomic E-state index is 12.8. The monoisotopic (exact) mass is 318 g/mol. The molecular formula is C14H26N2O4S. The van der Waals surface area contributed by atoms with Gasteiger partial charge in [0.1, 0.15) is 0 Å². The van der Waals surface area contributed by atoms with Crippen LogP contribution in [0.3, 0.4) is 0 Å². The predicted octanol–water partition coefficient (Wildman–Crippen LogP) is 1.05. The van der Waals surface area contributed by atoms with Crippen LogP contribution in [0, 0.1) is 11.8 Å². The van der Waals surface area contributed by atoms with Crippen LogP contribution in [0.1, 0.15) is 33.1 Å². The second-order valence-electron chi connectivity index (χ2n) is 6.78. The average Bonchev–Trinajstić information content (AvgIpc) is 2.86. The molecule has 21 heavy (non-hydrogen) atoms. The zero-order valence-electron chi connectivity index (χ0n) is 13.0. The average molecular weight is 318 g/mol. The van der Waals surface area contributed by atoms with Crippen LogP contribution in [-0.2, 0) is 19.7 Å². The summed E-state index contributed by atoms with van der Waals surface area (Å²) in [5, 5.41) is 0. The number of ether oxygens (including phenoxy) is 2. The standard InChI is InChI=1S/C14H26N2O4S/c1-12-9-13(2)11-16(10-12)21(17,18)15-5-3-14(4-6-15)19-7-8-20-14/h12-13H,3-11H2,1-2H3/t12-,13+. The Hall–Kier alpha value is -0.210. The molecule has 0 bridgehead atoms. The quantitative estimate of drug-likeness (QED) is 0.763. The highest BCUT2D eigenvalue weighted by molar-refractivity contribution is 7.86. The zero-order chi connectivity index (χ0) is 15.1. The van der Waals surface area contributed by atoms with Crippen molar-refractivity contribution in [2.24, 2.45) is 11.8 Å². The van der Waals surface area contributed by atoms with Gasteiger partial charge in [0.05, 0.1) is 13.2 Å². The molecule has 3 aliphatic heterocycles. The Bertz CT molecular complexity index is 455. The van der Waals surface area contributed by atoms with Crippen molar-refractivity contribution in [2.45, 2.75) is 38.9 Å². The summed E-state index contributed by atoms with van der Waals surface area (Å²) in [5.41, 5.74) is 0. The van der Waals surface area contributed by atoms with E-state index in [1.54, 1.807) is 8.61 Å². The van der Waals surface area contributed by atoms with E-state index in [9.17, 15) is 8.42 Å². The topological polar surface area (TPSA) is 59.1 Å². The third-order valence-corrected chi connectivity index (χ3v) is 6.75. The molecule has 0 unspecified atom stereocenters. The summed E-state index contributed by atoms with van der Waals surface area (Å²) >= 11 is 0. The Labute approximate surface area is 127 Å². The van der Waals surface area contributed by atoms with E-state index in [0.717, 1.165) is 6.42 Å². The number of hydrogen-bond donors (Lipinski definition) is 0. The zero-order valence-corrected chi connectivity index (χ0v) is 13.8. The van der Waals surface area contributed by atoms with Crippen molar-refractivity contribution >= 4 is 10.2 Å². The first-order valence-electron chi connectivity index (χ1n) is 7.94. The van der Waals surface area contributed by atoms with Gasteiger partial charge in [0.15, 0.2) is 5.79 Å². The van der Waals surface area contributed by atoms with Gasteiger partial charge in [-0.15, -0.1) is 0 Å². The molecule has 0 radical (unpaired) electrons. The van der Waals surface area contributed by atoms with Crippen molar-refractivity contribution in [3.63, 3.8) is 0 Å². The van der Waals surface area contributed by atoms with Gasteiger partial charge in [0.25, 0.3) is 10.2 Å². The Morgan fingerprint density at radius 1 is 0.952 bits per heavy atom. The largest absolute Gasteiger partial charge is 0.347 e. The van der Waals surface area contributed by atoms with Crippen molar-refractivity contribution in [1.29, 1.82) is 0 Å². The molecule has 0 aliphatic carbocycles. The minimum atomic E-state index is -3.34. The molecule has 2 atom stereocenters. The van der Waals surface area contributed by atoms with Crippen molar-refractivity contribution in [3.05, 3.63) is 0 Å². The van der Waals surface area contributed by atoms with Gasteiger partial charge in [-0.1, -0.05) is 13.8 Å². The van der Waals surface area contributed by atoms with E-state index in [0.29, 0.717) is 64.1 Å². The summed E-state index contributed by atoms with van der Waals surface area (Å²) in [5.74, 6) is 0.344. The second kappa shape index (κ2) is 5.77. The van der Waals surface area contributed by atoms with Crippen molar-refractivity contribution in [2.75, 3.05) is 39.4 Å². The van der Waals surface area contributed by atoms with E-state index in [1.807, 2.05) is 0 Å². The van der Waals surface area contributed by atoms with Crippen LogP contribution >= 0.6 is 0 Å². The van der Waals surface area contributed by atoms with E-state index in [-0.39, 0.29) is 0 Å². The molecule has 0 aromatic rings. The maximum Gasteiger partial charge on any atom is 0.281 e. The number of nitrogens with zero attached hydrogens (tertiary/aromatic N) is 2. The second-order valence-corrected chi connectivity index (χ2v) is 8.71. The number of rotatable bonds is 2. The lowest BCUT2D eigenvalue weighted by Gasteiger charge is -2.41. The molecule has 0 saturated carbocycles. The molecule has 6 nitrogen and oxygen atoms in total. The molecule has 0 aromatic carbocycles. The van der Waals surface area contributed by atoms with Gasteiger partial charge in [-0.3, -0.25) is 0 Å². The fourth-order valence-electron chi connectivity index (χ4n) is 3.80. The normalized spacial score (nSPS) is 35.3. The first-order chi connectivity index (χ1) is 9.91. The Morgan fingerprint density at radius 2 is 1.48 bits per heavy atom. The van der Waals surface area contributed by atoms with Gasteiger partial charge in [-0.25, -0.2) is 0 Å². The fourth-order valence-corrected chi connectivity index (χ4v) is 5.66. The minimum Gasteiger partial charge on any atom is -0.347 e. The maximum atomic E-state index is 12.8. The Kier molecular flexibility index (Phi) is 4.31. The van der Waals surface area contributed by atoms with E-state index < -0.39 is 16.0 Å². The summed E-state index contributed by atoms with van der Waals surface area (Å²) in [6.45, 7) is 7.75. The fraction of sp³-hybridized carbons (Fsp3) is 1.00. The van der Waals surface area contributed by atoms with Gasteiger partial charge in [-0.05, 0) is 18.3 Å². The smallest absolute Gasteiger partial charge is 0.281 e. The highest BCUT2D eigenvalue weighted by atomic mass is 32.2. The van der Waals surface area contributed by atoms with E-state index >= 15 is 0 Å².